The average Bonchev–Trinajstić information content (AvgIpc) is 3.18. The number of benzene rings is 2. The van der Waals surface area contributed by atoms with E-state index in [1.54, 1.807) is 7.05 Å². The van der Waals surface area contributed by atoms with Crippen molar-refractivity contribution in [3.8, 4) is 0 Å². The fourth-order valence-electron chi connectivity index (χ4n) is 3.98. The molecule has 1 aromatic heterocycles. The second-order valence-electron chi connectivity index (χ2n) is 8.96. The molecule has 0 fully saturated rings. The number of hydroxylamine groups is 1. The smallest absolute Gasteiger partial charge is 0.244 e. The lowest BCUT2D eigenvalue weighted by Gasteiger charge is -2.18. The summed E-state index contributed by atoms with van der Waals surface area (Å²) < 4.78 is 0. The van der Waals surface area contributed by atoms with Crippen LogP contribution in [0.4, 0.5) is 0 Å². The first-order chi connectivity index (χ1) is 16.9. The van der Waals surface area contributed by atoms with Gasteiger partial charge < -0.3 is 15.6 Å². The van der Waals surface area contributed by atoms with E-state index in [4.69, 9.17) is 4.84 Å². The van der Waals surface area contributed by atoms with Gasteiger partial charge in [-0.2, -0.15) is 0 Å². The van der Waals surface area contributed by atoms with Gasteiger partial charge in [-0.3, -0.25) is 19.2 Å². The number of aromatic amines is 1. The number of fused-ring (bicyclic) bond motifs is 1. The van der Waals surface area contributed by atoms with E-state index < -0.39 is 11.9 Å². The molecule has 0 bridgehead atoms. The SMILES string of the molecule is CNC(=O)[C@H](Cc1c(CC(C)C)[nH]c2ccccc12)NC(=O)CCC(=O)NOCc1ccccc1. The quantitative estimate of drug-likeness (QED) is 0.300. The molecule has 0 unspecified atom stereocenters. The van der Waals surface area contributed by atoms with Crippen molar-refractivity contribution < 1.29 is 19.2 Å². The number of carbonyl (C=O) groups is 3. The lowest BCUT2D eigenvalue weighted by molar-refractivity contribution is -0.136. The van der Waals surface area contributed by atoms with Crippen molar-refractivity contribution in [1.29, 1.82) is 0 Å². The van der Waals surface area contributed by atoms with E-state index in [9.17, 15) is 14.4 Å². The van der Waals surface area contributed by atoms with Gasteiger partial charge in [0, 0.05) is 42.9 Å². The maximum atomic E-state index is 12.6. The van der Waals surface area contributed by atoms with Crippen LogP contribution in [0, 0.1) is 5.92 Å². The van der Waals surface area contributed by atoms with Gasteiger partial charge >= 0.3 is 0 Å². The maximum absolute atomic E-state index is 12.6. The minimum absolute atomic E-state index is 0.0488. The van der Waals surface area contributed by atoms with Crippen LogP contribution in [0.2, 0.25) is 0 Å². The third-order valence-electron chi connectivity index (χ3n) is 5.67. The molecule has 0 saturated heterocycles. The molecule has 8 heteroatoms. The zero-order valence-corrected chi connectivity index (χ0v) is 20.5. The molecule has 3 rings (SSSR count). The van der Waals surface area contributed by atoms with Crippen LogP contribution in [0.25, 0.3) is 10.9 Å². The van der Waals surface area contributed by atoms with Crippen LogP contribution in [0.15, 0.2) is 54.6 Å². The standard InChI is InChI=1S/C27H34N4O4/c1-18(2)15-23-21(20-11-7-8-12-22(20)29-23)16-24(27(34)28-3)30-25(32)13-14-26(33)31-35-17-19-9-5-4-6-10-19/h4-12,18,24,29H,13-17H2,1-3H3,(H,28,34)(H,30,32)(H,31,33)/t24-/m0/s1. The minimum Gasteiger partial charge on any atom is -0.358 e. The highest BCUT2D eigenvalue weighted by Crippen LogP contribution is 2.26. The van der Waals surface area contributed by atoms with Gasteiger partial charge in [0.15, 0.2) is 0 Å². The number of hydrogen-bond donors (Lipinski definition) is 4. The van der Waals surface area contributed by atoms with Crippen molar-refractivity contribution in [2.75, 3.05) is 7.05 Å². The highest BCUT2D eigenvalue weighted by atomic mass is 16.6. The summed E-state index contributed by atoms with van der Waals surface area (Å²) in [5, 5.41) is 6.48. The third kappa shape index (κ3) is 7.68. The second-order valence-corrected chi connectivity index (χ2v) is 8.96. The lowest BCUT2D eigenvalue weighted by atomic mass is 9.97. The molecule has 0 aliphatic carbocycles. The van der Waals surface area contributed by atoms with Crippen molar-refractivity contribution in [2.45, 2.75) is 52.2 Å². The van der Waals surface area contributed by atoms with Crippen LogP contribution >= 0.6 is 0 Å². The fourth-order valence-corrected chi connectivity index (χ4v) is 3.98. The summed E-state index contributed by atoms with van der Waals surface area (Å²) in [6, 6.07) is 16.6. The Morgan fingerprint density at radius 3 is 2.31 bits per heavy atom. The minimum atomic E-state index is -0.755. The Balaban J connectivity index is 1.58. The lowest BCUT2D eigenvalue weighted by Crippen LogP contribution is -2.47. The monoisotopic (exact) mass is 478 g/mol. The van der Waals surface area contributed by atoms with Gasteiger partial charge in [-0.15, -0.1) is 0 Å². The Labute approximate surface area is 205 Å². The summed E-state index contributed by atoms with van der Waals surface area (Å²) in [6.07, 6.45) is 1.08. The second kappa shape index (κ2) is 12.7. The first kappa shape index (κ1) is 26.0. The molecule has 1 heterocycles. The molecular weight excluding hydrogens is 444 g/mol. The molecular formula is C27H34N4O4. The van der Waals surface area contributed by atoms with Crippen molar-refractivity contribution in [3.63, 3.8) is 0 Å². The normalized spacial score (nSPS) is 11.9. The van der Waals surface area contributed by atoms with Gasteiger partial charge in [0.25, 0.3) is 0 Å². The third-order valence-corrected chi connectivity index (χ3v) is 5.67. The molecule has 186 valence electrons. The fraction of sp³-hybridized carbons (Fsp3) is 0.370. The van der Waals surface area contributed by atoms with Gasteiger partial charge in [0.1, 0.15) is 6.04 Å². The van der Waals surface area contributed by atoms with Gasteiger partial charge in [0.05, 0.1) is 6.61 Å². The highest BCUT2D eigenvalue weighted by molar-refractivity contribution is 5.91. The van der Waals surface area contributed by atoms with Gasteiger partial charge in [-0.25, -0.2) is 5.48 Å². The number of para-hydroxylation sites is 1. The maximum Gasteiger partial charge on any atom is 0.244 e. The Morgan fingerprint density at radius 1 is 0.914 bits per heavy atom. The van der Waals surface area contributed by atoms with Crippen LogP contribution in [-0.4, -0.2) is 35.8 Å². The number of nitrogens with one attached hydrogen (secondary N) is 4. The zero-order chi connectivity index (χ0) is 25.2. The van der Waals surface area contributed by atoms with Gasteiger partial charge in [-0.05, 0) is 29.5 Å². The molecule has 0 radical (unpaired) electrons. The van der Waals surface area contributed by atoms with Crippen molar-refractivity contribution in [2.24, 2.45) is 5.92 Å². The Kier molecular flexibility index (Phi) is 9.43. The summed E-state index contributed by atoms with van der Waals surface area (Å²) in [5.74, 6) is -0.627. The van der Waals surface area contributed by atoms with Crippen molar-refractivity contribution in [3.05, 3.63) is 71.4 Å². The Hall–Kier alpha value is -3.65. The summed E-state index contributed by atoms with van der Waals surface area (Å²) in [5.41, 5.74) is 6.38. The van der Waals surface area contributed by atoms with Crippen LogP contribution in [-0.2, 0) is 38.7 Å². The predicted molar refractivity (Wildman–Crippen MR) is 135 cm³/mol. The highest BCUT2D eigenvalue weighted by Gasteiger charge is 2.24. The van der Waals surface area contributed by atoms with Crippen molar-refractivity contribution >= 4 is 28.6 Å². The first-order valence-electron chi connectivity index (χ1n) is 11.9. The van der Waals surface area contributed by atoms with E-state index in [1.807, 2.05) is 54.6 Å². The number of carbonyl (C=O) groups excluding carboxylic acids is 3. The molecule has 35 heavy (non-hydrogen) atoms. The molecule has 2 aromatic carbocycles. The van der Waals surface area contributed by atoms with E-state index in [0.717, 1.165) is 34.1 Å². The molecule has 0 saturated carbocycles. The van der Waals surface area contributed by atoms with E-state index in [2.05, 4.69) is 34.9 Å². The molecule has 0 spiro atoms. The molecule has 3 amide bonds. The predicted octanol–water partition coefficient (Wildman–Crippen LogP) is 3.17. The molecule has 8 nitrogen and oxygen atoms in total. The number of H-pyrrole nitrogens is 1. The summed E-state index contributed by atoms with van der Waals surface area (Å²) in [6.45, 7) is 4.52. The summed E-state index contributed by atoms with van der Waals surface area (Å²) in [4.78, 5) is 46.0. The van der Waals surface area contributed by atoms with E-state index in [0.29, 0.717) is 12.3 Å². The van der Waals surface area contributed by atoms with Crippen LogP contribution < -0.4 is 16.1 Å². The number of rotatable bonds is 12. The average molecular weight is 479 g/mol. The topological polar surface area (TPSA) is 112 Å². The van der Waals surface area contributed by atoms with Gasteiger partial charge in [-0.1, -0.05) is 62.4 Å². The van der Waals surface area contributed by atoms with Crippen LogP contribution in [0.1, 0.15) is 43.5 Å². The molecule has 0 aliphatic rings. The molecule has 4 N–H and O–H groups in total. The number of likely N-dealkylation sites (N-methyl/N-ethyl adjacent to an activating group) is 1. The Bertz CT molecular complexity index is 1140. The molecule has 0 aliphatic heterocycles. The Morgan fingerprint density at radius 2 is 1.60 bits per heavy atom. The largest absolute Gasteiger partial charge is 0.358 e. The van der Waals surface area contributed by atoms with Crippen LogP contribution in [0.3, 0.4) is 0 Å². The number of aromatic nitrogens is 1. The summed E-state index contributed by atoms with van der Waals surface area (Å²) >= 11 is 0. The van der Waals surface area contributed by atoms with E-state index in [-0.39, 0.29) is 31.3 Å². The molecule has 3 aromatic rings. The van der Waals surface area contributed by atoms with Gasteiger partial charge in [0.2, 0.25) is 17.7 Å². The van der Waals surface area contributed by atoms with E-state index in [1.165, 1.54) is 0 Å². The van der Waals surface area contributed by atoms with Crippen molar-refractivity contribution in [1.82, 2.24) is 21.1 Å². The first-order valence-corrected chi connectivity index (χ1v) is 11.9. The number of amides is 3. The molecule has 1 atom stereocenters. The zero-order valence-electron chi connectivity index (χ0n) is 20.5. The summed E-state index contributed by atoms with van der Waals surface area (Å²) in [7, 11) is 1.54. The number of hydrogen-bond acceptors (Lipinski definition) is 4. The van der Waals surface area contributed by atoms with Crippen LogP contribution in [0.5, 0.6) is 0 Å². The van der Waals surface area contributed by atoms with E-state index >= 15 is 0 Å².